The molecule has 5 heteroatoms. The molecule has 0 aromatic heterocycles. The number of hydrogen-bond acceptors (Lipinski definition) is 5. The standard InChI is InChI=1S/C12H14O5/c1-2-5-10(13)17-12(16)9-7-4-3-6-8(9)11(14)15/h3-4,6-7,10,13H,2,5H2,1H3,(H,14,15)/p-1. The van der Waals surface area contributed by atoms with Gasteiger partial charge in [0.05, 0.1) is 11.5 Å². The number of carbonyl (C=O) groups excluding carboxylic acids is 2. The van der Waals surface area contributed by atoms with E-state index in [-0.39, 0.29) is 11.1 Å². The summed E-state index contributed by atoms with van der Waals surface area (Å²) in [6.45, 7) is 1.83. The molecule has 0 saturated heterocycles. The molecule has 0 spiro atoms. The summed E-state index contributed by atoms with van der Waals surface area (Å²) >= 11 is 0. The van der Waals surface area contributed by atoms with Crippen LogP contribution < -0.4 is 5.11 Å². The SMILES string of the molecule is CCCC(O)OC(=O)c1ccccc1C(=O)[O-]. The van der Waals surface area contributed by atoms with Gasteiger partial charge < -0.3 is 19.7 Å². The van der Waals surface area contributed by atoms with Crippen LogP contribution in [0.3, 0.4) is 0 Å². The molecule has 1 rings (SSSR count). The number of ether oxygens (including phenoxy) is 1. The average Bonchev–Trinajstić information content (AvgIpc) is 2.29. The fraction of sp³-hybridized carbons (Fsp3) is 0.333. The first-order valence-corrected chi connectivity index (χ1v) is 5.25. The Morgan fingerprint density at radius 1 is 1.35 bits per heavy atom. The van der Waals surface area contributed by atoms with Crippen LogP contribution in [-0.4, -0.2) is 23.3 Å². The lowest BCUT2D eigenvalue weighted by Gasteiger charge is -2.13. The van der Waals surface area contributed by atoms with Gasteiger partial charge in [-0.1, -0.05) is 31.5 Å². The van der Waals surface area contributed by atoms with Crippen molar-refractivity contribution in [3.8, 4) is 0 Å². The number of aromatic carboxylic acids is 1. The van der Waals surface area contributed by atoms with Crippen molar-refractivity contribution < 1.29 is 24.5 Å². The fourth-order valence-corrected chi connectivity index (χ4v) is 1.33. The van der Waals surface area contributed by atoms with E-state index in [0.29, 0.717) is 12.8 Å². The van der Waals surface area contributed by atoms with Crippen molar-refractivity contribution in [3.05, 3.63) is 35.4 Å². The minimum absolute atomic E-state index is 0.123. The summed E-state index contributed by atoms with van der Waals surface area (Å²) in [4.78, 5) is 22.3. The van der Waals surface area contributed by atoms with Crippen LogP contribution in [0, 0.1) is 0 Å². The molecule has 1 unspecified atom stereocenters. The van der Waals surface area contributed by atoms with Crippen LogP contribution in [0.4, 0.5) is 0 Å². The van der Waals surface area contributed by atoms with Crippen LogP contribution >= 0.6 is 0 Å². The molecule has 0 fully saturated rings. The van der Waals surface area contributed by atoms with Crippen molar-refractivity contribution in [3.63, 3.8) is 0 Å². The van der Waals surface area contributed by atoms with Gasteiger partial charge in [-0.25, -0.2) is 4.79 Å². The van der Waals surface area contributed by atoms with Gasteiger partial charge in [0.2, 0.25) is 6.29 Å². The quantitative estimate of drug-likeness (QED) is 0.589. The van der Waals surface area contributed by atoms with Crippen LogP contribution in [0.15, 0.2) is 24.3 Å². The highest BCUT2D eigenvalue weighted by atomic mass is 16.6. The Balaban J connectivity index is 2.85. The largest absolute Gasteiger partial charge is 0.545 e. The maximum Gasteiger partial charge on any atom is 0.341 e. The Bertz CT molecular complexity index is 413. The van der Waals surface area contributed by atoms with E-state index in [1.807, 2.05) is 6.92 Å². The number of aliphatic hydroxyl groups is 1. The van der Waals surface area contributed by atoms with E-state index in [9.17, 15) is 19.8 Å². The second-order valence-electron chi connectivity index (χ2n) is 3.48. The maximum absolute atomic E-state index is 11.6. The summed E-state index contributed by atoms with van der Waals surface area (Å²) < 4.78 is 4.69. The normalized spacial score (nSPS) is 11.9. The van der Waals surface area contributed by atoms with Crippen molar-refractivity contribution in [2.75, 3.05) is 0 Å². The summed E-state index contributed by atoms with van der Waals surface area (Å²) in [5, 5.41) is 20.1. The summed E-state index contributed by atoms with van der Waals surface area (Å²) in [6.07, 6.45) is -0.266. The Labute approximate surface area is 98.6 Å². The lowest BCUT2D eigenvalue weighted by molar-refractivity contribution is -0.255. The van der Waals surface area contributed by atoms with Crippen molar-refractivity contribution in [2.45, 2.75) is 26.1 Å². The third-order valence-electron chi connectivity index (χ3n) is 2.15. The molecule has 92 valence electrons. The predicted molar refractivity (Wildman–Crippen MR) is 57.1 cm³/mol. The topological polar surface area (TPSA) is 86.7 Å². The molecular formula is C12H13O5-. The van der Waals surface area contributed by atoms with Crippen molar-refractivity contribution >= 4 is 11.9 Å². The number of rotatable bonds is 5. The lowest BCUT2D eigenvalue weighted by atomic mass is 10.1. The highest BCUT2D eigenvalue weighted by Crippen LogP contribution is 2.11. The van der Waals surface area contributed by atoms with Crippen LogP contribution in [0.5, 0.6) is 0 Å². The van der Waals surface area contributed by atoms with Crippen molar-refractivity contribution in [1.29, 1.82) is 0 Å². The number of aliphatic hydroxyl groups excluding tert-OH is 1. The summed E-state index contributed by atoms with van der Waals surface area (Å²) in [5.74, 6) is -2.33. The Morgan fingerprint density at radius 3 is 2.47 bits per heavy atom. The molecule has 0 bridgehead atoms. The average molecular weight is 237 g/mol. The first-order chi connectivity index (χ1) is 8.06. The van der Waals surface area contributed by atoms with E-state index in [0.717, 1.165) is 0 Å². The predicted octanol–water partition coefficient (Wildman–Crippen LogP) is 0.325. The molecule has 0 radical (unpaired) electrons. The minimum atomic E-state index is -1.46. The molecule has 0 aliphatic rings. The number of carbonyl (C=O) groups is 2. The molecule has 1 aromatic rings. The van der Waals surface area contributed by atoms with Gasteiger partial charge in [-0.05, 0) is 6.07 Å². The number of carboxylic acid groups (broad SMARTS) is 1. The highest BCUT2D eigenvalue weighted by molar-refractivity contribution is 6.01. The molecule has 1 N–H and O–H groups in total. The summed E-state index contributed by atoms with van der Waals surface area (Å²) in [6, 6.07) is 5.55. The highest BCUT2D eigenvalue weighted by Gasteiger charge is 2.16. The number of esters is 1. The van der Waals surface area contributed by atoms with Gasteiger partial charge in [0.25, 0.3) is 0 Å². The Hall–Kier alpha value is -1.88. The first kappa shape index (κ1) is 13.2. The molecule has 17 heavy (non-hydrogen) atoms. The molecule has 0 saturated carbocycles. The molecule has 1 aromatic carbocycles. The van der Waals surface area contributed by atoms with E-state index < -0.39 is 18.2 Å². The number of hydrogen-bond donors (Lipinski definition) is 1. The zero-order chi connectivity index (χ0) is 12.8. The minimum Gasteiger partial charge on any atom is -0.545 e. The first-order valence-electron chi connectivity index (χ1n) is 5.25. The van der Waals surface area contributed by atoms with E-state index in [1.54, 1.807) is 0 Å². The van der Waals surface area contributed by atoms with Crippen LogP contribution in [0.2, 0.25) is 0 Å². The van der Waals surface area contributed by atoms with Crippen LogP contribution in [0.1, 0.15) is 40.5 Å². The number of carboxylic acids is 1. The van der Waals surface area contributed by atoms with Gasteiger partial charge in [0.15, 0.2) is 0 Å². The van der Waals surface area contributed by atoms with Crippen LogP contribution in [0.25, 0.3) is 0 Å². The van der Waals surface area contributed by atoms with Crippen molar-refractivity contribution in [1.82, 2.24) is 0 Å². The zero-order valence-electron chi connectivity index (χ0n) is 9.38. The van der Waals surface area contributed by atoms with Gasteiger partial charge in [0.1, 0.15) is 0 Å². The third-order valence-corrected chi connectivity index (χ3v) is 2.15. The Morgan fingerprint density at radius 2 is 1.94 bits per heavy atom. The van der Waals surface area contributed by atoms with E-state index >= 15 is 0 Å². The second kappa shape index (κ2) is 6.00. The lowest BCUT2D eigenvalue weighted by Crippen LogP contribution is -2.26. The Kier molecular flexibility index (Phi) is 4.66. The molecule has 5 nitrogen and oxygen atoms in total. The summed E-state index contributed by atoms with van der Waals surface area (Å²) in [5.41, 5.74) is -0.371. The zero-order valence-corrected chi connectivity index (χ0v) is 9.38. The smallest absolute Gasteiger partial charge is 0.341 e. The molecule has 1 atom stereocenters. The molecule has 0 aliphatic carbocycles. The van der Waals surface area contributed by atoms with Gasteiger partial charge in [-0.15, -0.1) is 0 Å². The van der Waals surface area contributed by atoms with Gasteiger partial charge >= 0.3 is 5.97 Å². The molecule has 0 heterocycles. The van der Waals surface area contributed by atoms with Crippen molar-refractivity contribution in [2.24, 2.45) is 0 Å². The van der Waals surface area contributed by atoms with Gasteiger partial charge in [-0.3, -0.25) is 0 Å². The second-order valence-corrected chi connectivity index (χ2v) is 3.48. The van der Waals surface area contributed by atoms with E-state index in [2.05, 4.69) is 0 Å². The van der Waals surface area contributed by atoms with E-state index in [4.69, 9.17) is 4.74 Å². The van der Waals surface area contributed by atoms with Gasteiger partial charge in [-0.2, -0.15) is 0 Å². The van der Waals surface area contributed by atoms with E-state index in [1.165, 1.54) is 24.3 Å². The van der Waals surface area contributed by atoms with Crippen LogP contribution in [-0.2, 0) is 4.74 Å². The molecule has 0 amide bonds. The summed E-state index contributed by atoms with van der Waals surface area (Å²) in [7, 11) is 0. The third kappa shape index (κ3) is 3.57. The number of benzene rings is 1. The van der Waals surface area contributed by atoms with Gasteiger partial charge in [0, 0.05) is 12.0 Å². The molecule has 0 aliphatic heterocycles. The fourth-order valence-electron chi connectivity index (χ4n) is 1.33. The monoisotopic (exact) mass is 237 g/mol. The maximum atomic E-state index is 11.6. The molecular weight excluding hydrogens is 224 g/mol.